The lowest BCUT2D eigenvalue weighted by Crippen LogP contribution is -2.48. The van der Waals surface area contributed by atoms with Gasteiger partial charge < -0.3 is 15.7 Å². The molecule has 5 nitrogen and oxygen atoms in total. The summed E-state index contributed by atoms with van der Waals surface area (Å²) in [5.74, 6) is 0.519. The lowest BCUT2D eigenvalue weighted by Gasteiger charge is -2.38. The third kappa shape index (κ3) is 5.57. The SMILES string of the molecule is CCNC(=NCc1nc(C(F)(F)F)cs1)NCC1(C)CCCCC1O. The van der Waals surface area contributed by atoms with Gasteiger partial charge in [-0.15, -0.1) is 11.3 Å². The lowest BCUT2D eigenvalue weighted by molar-refractivity contribution is -0.140. The highest BCUT2D eigenvalue weighted by molar-refractivity contribution is 7.09. The minimum atomic E-state index is -4.42. The summed E-state index contributed by atoms with van der Waals surface area (Å²) in [6.45, 7) is 5.24. The summed E-state index contributed by atoms with van der Waals surface area (Å²) in [6, 6.07) is 0. The molecule has 1 heterocycles. The molecular weight excluding hydrogens is 353 g/mol. The van der Waals surface area contributed by atoms with Crippen molar-refractivity contribution in [3.8, 4) is 0 Å². The number of aliphatic imine (C=N–C) groups is 1. The van der Waals surface area contributed by atoms with Gasteiger partial charge in [-0.3, -0.25) is 0 Å². The number of guanidine groups is 1. The summed E-state index contributed by atoms with van der Waals surface area (Å²) in [6.07, 6.45) is -0.927. The maximum atomic E-state index is 12.6. The number of hydrogen-bond acceptors (Lipinski definition) is 4. The number of thiazole rings is 1. The van der Waals surface area contributed by atoms with Crippen molar-refractivity contribution in [2.75, 3.05) is 13.1 Å². The first kappa shape index (κ1) is 20.0. The van der Waals surface area contributed by atoms with E-state index in [4.69, 9.17) is 0 Å². The van der Waals surface area contributed by atoms with Crippen molar-refractivity contribution in [3.63, 3.8) is 0 Å². The number of nitrogens with one attached hydrogen (secondary N) is 2. The molecule has 0 bridgehead atoms. The molecule has 9 heteroatoms. The van der Waals surface area contributed by atoms with E-state index in [-0.39, 0.29) is 18.1 Å². The van der Waals surface area contributed by atoms with E-state index in [2.05, 4.69) is 20.6 Å². The van der Waals surface area contributed by atoms with Gasteiger partial charge >= 0.3 is 6.18 Å². The van der Waals surface area contributed by atoms with Crippen LogP contribution in [0.2, 0.25) is 0 Å². The van der Waals surface area contributed by atoms with Crippen LogP contribution in [0.3, 0.4) is 0 Å². The molecule has 0 spiro atoms. The first-order valence-electron chi connectivity index (χ1n) is 8.46. The zero-order valence-electron chi connectivity index (χ0n) is 14.5. The van der Waals surface area contributed by atoms with Crippen LogP contribution in [0.15, 0.2) is 10.4 Å². The highest BCUT2D eigenvalue weighted by Crippen LogP contribution is 2.35. The van der Waals surface area contributed by atoms with E-state index in [1.165, 1.54) is 0 Å². The Morgan fingerprint density at radius 3 is 2.80 bits per heavy atom. The van der Waals surface area contributed by atoms with Crippen LogP contribution in [-0.4, -0.2) is 35.2 Å². The van der Waals surface area contributed by atoms with Gasteiger partial charge in [0.1, 0.15) is 5.01 Å². The fraction of sp³-hybridized carbons (Fsp3) is 0.750. The van der Waals surface area contributed by atoms with Crippen molar-refractivity contribution in [1.29, 1.82) is 0 Å². The molecule has 0 aromatic carbocycles. The minimum absolute atomic E-state index is 0.0787. The summed E-state index contributed by atoms with van der Waals surface area (Å²) < 4.78 is 37.8. The molecule has 2 atom stereocenters. The van der Waals surface area contributed by atoms with Crippen molar-refractivity contribution in [3.05, 3.63) is 16.1 Å². The Bertz CT molecular complexity index is 590. The predicted molar refractivity (Wildman–Crippen MR) is 92.5 cm³/mol. The maximum Gasteiger partial charge on any atom is 0.434 e. The van der Waals surface area contributed by atoms with Crippen LogP contribution in [0.25, 0.3) is 0 Å². The summed E-state index contributed by atoms with van der Waals surface area (Å²) in [5.41, 5.74) is -1.10. The van der Waals surface area contributed by atoms with Crippen molar-refractivity contribution >= 4 is 17.3 Å². The molecule has 0 amide bonds. The number of alkyl halides is 3. The Morgan fingerprint density at radius 2 is 2.20 bits per heavy atom. The summed E-state index contributed by atoms with van der Waals surface area (Å²) in [7, 11) is 0. The molecule has 2 unspecified atom stereocenters. The summed E-state index contributed by atoms with van der Waals surface area (Å²) in [5, 5.41) is 17.8. The van der Waals surface area contributed by atoms with E-state index in [1.807, 2.05) is 13.8 Å². The van der Waals surface area contributed by atoms with Gasteiger partial charge in [-0.1, -0.05) is 19.8 Å². The second-order valence-corrected chi connectivity index (χ2v) is 7.53. The average Bonchev–Trinajstić information content (AvgIpc) is 3.02. The zero-order chi connectivity index (χ0) is 18.5. The van der Waals surface area contributed by atoms with Gasteiger partial charge in [-0.25, -0.2) is 9.98 Å². The van der Waals surface area contributed by atoms with Crippen molar-refractivity contribution in [2.24, 2.45) is 10.4 Å². The highest BCUT2D eigenvalue weighted by Gasteiger charge is 2.35. The largest absolute Gasteiger partial charge is 0.434 e. The monoisotopic (exact) mass is 378 g/mol. The number of nitrogens with zero attached hydrogens (tertiary/aromatic N) is 2. The van der Waals surface area contributed by atoms with Crippen LogP contribution in [0.4, 0.5) is 13.2 Å². The van der Waals surface area contributed by atoms with Crippen molar-refractivity contribution in [1.82, 2.24) is 15.6 Å². The molecule has 142 valence electrons. The van der Waals surface area contributed by atoms with E-state index in [0.29, 0.717) is 24.1 Å². The number of halogens is 3. The molecule has 1 aliphatic carbocycles. The van der Waals surface area contributed by atoms with Gasteiger partial charge in [0.15, 0.2) is 11.7 Å². The topological polar surface area (TPSA) is 69.5 Å². The van der Waals surface area contributed by atoms with E-state index < -0.39 is 11.9 Å². The fourth-order valence-electron chi connectivity index (χ4n) is 2.88. The molecule has 3 N–H and O–H groups in total. The van der Waals surface area contributed by atoms with Crippen LogP contribution in [-0.2, 0) is 12.7 Å². The first-order valence-corrected chi connectivity index (χ1v) is 9.34. The second kappa shape index (κ2) is 8.35. The molecule has 0 radical (unpaired) electrons. The van der Waals surface area contributed by atoms with Crippen LogP contribution in [0.5, 0.6) is 0 Å². The molecule has 1 aliphatic rings. The van der Waals surface area contributed by atoms with Crippen LogP contribution >= 0.6 is 11.3 Å². The molecule has 0 saturated heterocycles. The van der Waals surface area contributed by atoms with Gasteiger partial charge in [-0.2, -0.15) is 13.2 Å². The molecule has 1 aromatic rings. The summed E-state index contributed by atoms with van der Waals surface area (Å²) >= 11 is 0.949. The Kier molecular flexibility index (Phi) is 6.67. The Labute approximate surface area is 149 Å². The Hall–Kier alpha value is -1.35. The lowest BCUT2D eigenvalue weighted by atomic mass is 9.73. The maximum absolute atomic E-state index is 12.6. The van der Waals surface area contributed by atoms with Gasteiger partial charge in [0, 0.05) is 23.9 Å². The van der Waals surface area contributed by atoms with Gasteiger partial charge in [-0.05, 0) is 19.8 Å². The fourth-order valence-corrected chi connectivity index (χ4v) is 3.60. The molecule has 25 heavy (non-hydrogen) atoms. The average molecular weight is 378 g/mol. The van der Waals surface area contributed by atoms with E-state index in [1.54, 1.807) is 0 Å². The van der Waals surface area contributed by atoms with Gasteiger partial charge in [0.2, 0.25) is 0 Å². The standard InChI is InChI=1S/C16H25F3N4OS/c1-3-20-14(22-10-15(2)7-5-4-6-12(15)24)21-8-13-23-11(9-25-13)16(17,18)19/h9,12,24H,3-8,10H2,1-2H3,(H2,20,21,22). The third-order valence-corrected chi connectivity index (χ3v) is 5.33. The minimum Gasteiger partial charge on any atom is -0.392 e. The molecule has 1 saturated carbocycles. The molecule has 2 rings (SSSR count). The number of rotatable bonds is 5. The first-order chi connectivity index (χ1) is 11.7. The number of aliphatic hydroxyl groups is 1. The van der Waals surface area contributed by atoms with E-state index >= 15 is 0 Å². The quantitative estimate of drug-likeness (QED) is 0.544. The van der Waals surface area contributed by atoms with Gasteiger partial charge in [0.05, 0.1) is 12.6 Å². The molecular formula is C16H25F3N4OS. The number of aromatic nitrogens is 1. The van der Waals surface area contributed by atoms with E-state index in [0.717, 1.165) is 42.4 Å². The van der Waals surface area contributed by atoms with Crippen LogP contribution in [0.1, 0.15) is 50.2 Å². The number of hydrogen-bond donors (Lipinski definition) is 3. The van der Waals surface area contributed by atoms with Crippen LogP contribution in [0, 0.1) is 5.41 Å². The Morgan fingerprint density at radius 1 is 1.44 bits per heavy atom. The highest BCUT2D eigenvalue weighted by atomic mass is 32.1. The van der Waals surface area contributed by atoms with Crippen LogP contribution < -0.4 is 10.6 Å². The normalized spacial score (nSPS) is 25.0. The van der Waals surface area contributed by atoms with E-state index in [9.17, 15) is 18.3 Å². The summed E-state index contributed by atoms with van der Waals surface area (Å²) in [4.78, 5) is 7.89. The zero-order valence-corrected chi connectivity index (χ0v) is 15.3. The van der Waals surface area contributed by atoms with Crippen molar-refractivity contribution < 1.29 is 18.3 Å². The molecule has 0 aliphatic heterocycles. The van der Waals surface area contributed by atoms with Gasteiger partial charge in [0.25, 0.3) is 0 Å². The smallest absolute Gasteiger partial charge is 0.392 e. The third-order valence-electron chi connectivity index (χ3n) is 4.50. The molecule has 1 fully saturated rings. The molecule has 1 aromatic heterocycles. The van der Waals surface area contributed by atoms with Crippen molar-refractivity contribution in [2.45, 2.75) is 58.4 Å². The number of aliphatic hydroxyl groups excluding tert-OH is 1. The Balaban J connectivity index is 1.97. The second-order valence-electron chi connectivity index (χ2n) is 6.59. The predicted octanol–water partition coefficient (Wildman–Crippen LogP) is 3.16.